The fourth-order valence-corrected chi connectivity index (χ4v) is 3.26. The van der Waals surface area contributed by atoms with Gasteiger partial charge in [0.1, 0.15) is 17.5 Å². The average Bonchev–Trinajstić information content (AvgIpc) is 3.15. The summed E-state index contributed by atoms with van der Waals surface area (Å²) < 4.78 is 1.12. The molecular weight excluding hydrogens is 324 g/mol. The molecular formula is C13H15BrN4S. The summed E-state index contributed by atoms with van der Waals surface area (Å²) >= 11 is 5.18. The van der Waals surface area contributed by atoms with E-state index in [1.165, 1.54) is 17.7 Å². The lowest BCUT2D eigenvalue weighted by Crippen LogP contribution is -2.08. The maximum atomic E-state index is 5.96. The van der Waals surface area contributed by atoms with Crippen molar-refractivity contribution >= 4 is 38.9 Å². The molecule has 0 unspecified atom stereocenters. The van der Waals surface area contributed by atoms with Crippen molar-refractivity contribution in [2.75, 3.05) is 11.1 Å². The third-order valence-electron chi connectivity index (χ3n) is 3.20. The highest BCUT2D eigenvalue weighted by Crippen LogP contribution is 2.39. The molecule has 0 atom stereocenters. The summed E-state index contributed by atoms with van der Waals surface area (Å²) in [5.41, 5.74) is 6.89. The molecule has 4 nitrogen and oxygen atoms in total. The molecule has 0 saturated heterocycles. The fraction of sp³-hybridized carbons (Fsp3) is 0.385. The number of nitrogen functional groups attached to an aromatic ring is 1. The van der Waals surface area contributed by atoms with Crippen molar-refractivity contribution in [3.05, 3.63) is 32.2 Å². The summed E-state index contributed by atoms with van der Waals surface area (Å²) in [4.78, 5) is 10.2. The first-order chi connectivity index (χ1) is 9.13. The quantitative estimate of drug-likeness (QED) is 0.892. The molecule has 3 N–H and O–H groups in total. The van der Waals surface area contributed by atoms with Gasteiger partial charge < -0.3 is 11.1 Å². The number of nitrogens with two attached hydrogens (primary N) is 1. The van der Waals surface area contributed by atoms with Crippen molar-refractivity contribution in [3.63, 3.8) is 0 Å². The van der Waals surface area contributed by atoms with Gasteiger partial charge in [-0.3, -0.25) is 0 Å². The average molecular weight is 339 g/mol. The largest absolute Gasteiger partial charge is 0.383 e. The molecule has 2 aromatic heterocycles. The molecule has 100 valence electrons. The zero-order chi connectivity index (χ0) is 13.4. The second kappa shape index (κ2) is 5.09. The Labute approximate surface area is 124 Å². The number of halogens is 1. The standard InChI is InChI=1S/C13H15BrN4S/c1-7-11(15)17-13(8-2-3-8)18-12(7)16-5-10-4-9(14)6-19-10/h4,6,8H,2-3,5H2,1H3,(H3,15,16,17,18). The first-order valence-electron chi connectivity index (χ1n) is 6.24. The minimum atomic E-state index is 0.513. The number of hydrogen-bond donors (Lipinski definition) is 2. The van der Waals surface area contributed by atoms with E-state index in [2.05, 4.69) is 42.7 Å². The number of rotatable bonds is 4. The van der Waals surface area contributed by atoms with Crippen LogP contribution in [0.4, 0.5) is 11.6 Å². The molecule has 1 aliphatic carbocycles. The highest BCUT2D eigenvalue weighted by Gasteiger charge is 2.27. The Hall–Kier alpha value is -1.14. The van der Waals surface area contributed by atoms with Crippen molar-refractivity contribution in [3.8, 4) is 0 Å². The number of nitrogens with zero attached hydrogens (tertiary/aromatic N) is 2. The van der Waals surface area contributed by atoms with Gasteiger partial charge in [0.25, 0.3) is 0 Å². The van der Waals surface area contributed by atoms with Crippen LogP contribution in [0, 0.1) is 6.92 Å². The van der Waals surface area contributed by atoms with E-state index in [4.69, 9.17) is 5.73 Å². The molecule has 0 amide bonds. The maximum absolute atomic E-state index is 5.96. The van der Waals surface area contributed by atoms with Crippen LogP contribution in [0.15, 0.2) is 15.9 Å². The van der Waals surface area contributed by atoms with Crippen LogP contribution in [0.3, 0.4) is 0 Å². The van der Waals surface area contributed by atoms with E-state index in [1.807, 2.05) is 6.92 Å². The monoisotopic (exact) mass is 338 g/mol. The summed E-state index contributed by atoms with van der Waals surface area (Å²) in [5.74, 6) is 2.85. The first kappa shape index (κ1) is 12.9. The number of nitrogens with one attached hydrogen (secondary N) is 1. The van der Waals surface area contributed by atoms with Crippen molar-refractivity contribution in [1.29, 1.82) is 0 Å². The van der Waals surface area contributed by atoms with Gasteiger partial charge in [0.15, 0.2) is 0 Å². The SMILES string of the molecule is Cc1c(N)nc(C2CC2)nc1NCc1cc(Br)cs1. The van der Waals surface area contributed by atoms with Gasteiger partial charge in [-0.2, -0.15) is 0 Å². The Morgan fingerprint density at radius 1 is 1.47 bits per heavy atom. The minimum Gasteiger partial charge on any atom is -0.383 e. The molecule has 0 bridgehead atoms. The molecule has 2 heterocycles. The molecule has 19 heavy (non-hydrogen) atoms. The molecule has 2 aromatic rings. The zero-order valence-electron chi connectivity index (χ0n) is 10.6. The van der Waals surface area contributed by atoms with E-state index < -0.39 is 0 Å². The summed E-state index contributed by atoms with van der Waals surface area (Å²) in [6.45, 7) is 2.72. The van der Waals surface area contributed by atoms with Gasteiger partial charge in [-0.05, 0) is 41.8 Å². The van der Waals surface area contributed by atoms with E-state index in [0.717, 1.165) is 28.2 Å². The number of anilines is 2. The molecule has 1 saturated carbocycles. The predicted octanol–water partition coefficient (Wildman–Crippen LogP) is 3.68. The van der Waals surface area contributed by atoms with Crippen molar-refractivity contribution < 1.29 is 0 Å². The fourth-order valence-electron chi connectivity index (χ4n) is 1.87. The van der Waals surface area contributed by atoms with Crippen LogP contribution in [0.2, 0.25) is 0 Å². The van der Waals surface area contributed by atoms with Crippen LogP contribution in [-0.4, -0.2) is 9.97 Å². The lowest BCUT2D eigenvalue weighted by atomic mass is 10.3. The van der Waals surface area contributed by atoms with Gasteiger partial charge in [0.2, 0.25) is 0 Å². The van der Waals surface area contributed by atoms with Crippen molar-refractivity contribution in [2.24, 2.45) is 0 Å². The molecule has 3 rings (SSSR count). The molecule has 1 fully saturated rings. The lowest BCUT2D eigenvalue weighted by Gasteiger charge is -2.11. The molecule has 6 heteroatoms. The highest BCUT2D eigenvalue weighted by molar-refractivity contribution is 9.10. The topological polar surface area (TPSA) is 63.8 Å². The van der Waals surface area contributed by atoms with E-state index in [-0.39, 0.29) is 0 Å². The Kier molecular flexibility index (Phi) is 3.45. The van der Waals surface area contributed by atoms with Crippen molar-refractivity contribution in [1.82, 2.24) is 9.97 Å². The molecule has 0 aromatic carbocycles. The van der Waals surface area contributed by atoms with Gasteiger partial charge in [-0.1, -0.05) is 0 Å². The lowest BCUT2D eigenvalue weighted by molar-refractivity contribution is 0.918. The van der Waals surface area contributed by atoms with Gasteiger partial charge in [0.05, 0.1) is 6.54 Å². The summed E-state index contributed by atoms with van der Waals surface area (Å²) in [6.07, 6.45) is 2.36. The van der Waals surface area contributed by atoms with Crippen LogP contribution in [0.25, 0.3) is 0 Å². The van der Waals surface area contributed by atoms with E-state index in [9.17, 15) is 0 Å². The normalized spacial score (nSPS) is 14.6. The van der Waals surface area contributed by atoms with E-state index in [0.29, 0.717) is 11.7 Å². The summed E-state index contributed by atoms with van der Waals surface area (Å²) in [5, 5.41) is 5.44. The van der Waals surface area contributed by atoms with E-state index >= 15 is 0 Å². The molecule has 1 aliphatic rings. The highest BCUT2D eigenvalue weighted by atomic mass is 79.9. The Morgan fingerprint density at radius 3 is 2.89 bits per heavy atom. The third kappa shape index (κ3) is 2.90. The minimum absolute atomic E-state index is 0.513. The Balaban J connectivity index is 1.79. The van der Waals surface area contributed by atoms with Gasteiger partial charge in [-0.15, -0.1) is 11.3 Å². The Morgan fingerprint density at radius 2 is 2.26 bits per heavy atom. The predicted molar refractivity (Wildman–Crippen MR) is 82.5 cm³/mol. The number of aromatic nitrogens is 2. The maximum Gasteiger partial charge on any atom is 0.136 e. The zero-order valence-corrected chi connectivity index (χ0v) is 13.0. The van der Waals surface area contributed by atoms with Gasteiger partial charge >= 0.3 is 0 Å². The molecule has 0 radical (unpaired) electrons. The second-order valence-corrected chi connectivity index (χ2v) is 6.71. The smallest absolute Gasteiger partial charge is 0.136 e. The van der Waals surface area contributed by atoms with Crippen LogP contribution >= 0.6 is 27.3 Å². The van der Waals surface area contributed by atoms with E-state index in [1.54, 1.807) is 11.3 Å². The van der Waals surface area contributed by atoms with Crippen LogP contribution in [0.5, 0.6) is 0 Å². The van der Waals surface area contributed by atoms with Crippen LogP contribution < -0.4 is 11.1 Å². The van der Waals surface area contributed by atoms with Crippen LogP contribution in [-0.2, 0) is 6.54 Å². The summed E-state index contributed by atoms with van der Waals surface area (Å²) in [7, 11) is 0. The Bertz CT molecular complexity index is 607. The number of hydrogen-bond acceptors (Lipinski definition) is 5. The summed E-state index contributed by atoms with van der Waals surface area (Å²) in [6, 6.07) is 2.11. The van der Waals surface area contributed by atoms with Gasteiger partial charge in [-0.25, -0.2) is 9.97 Å². The van der Waals surface area contributed by atoms with Crippen molar-refractivity contribution in [2.45, 2.75) is 32.2 Å². The second-order valence-electron chi connectivity index (χ2n) is 4.80. The first-order valence-corrected chi connectivity index (χ1v) is 7.91. The third-order valence-corrected chi connectivity index (χ3v) is 4.89. The molecule has 0 aliphatic heterocycles. The van der Waals surface area contributed by atoms with Crippen LogP contribution in [0.1, 0.15) is 35.0 Å². The molecule has 0 spiro atoms. The number of thiophene rings is 1. The van der Waals surface area contributed by atoms with Gasteiger partial charge in [0, 0.05) is 26.2 Å².